The second-order valence-corrected chi connectivity index (χ2v) is 3.94. The molecule has 0 aliphatic heterocycles. The fourth-order valence-electron chi connectivity index (χ4n) is 1.58. The van der Waals surface area contributed by atoms with Crippen molar-refractivity contribution in [2.75, 3.05) is 26.1 Å². The molecule has 1 aromatic rings. The van der Waals surface area contributed by atoms with Gasteiger partial charge in [-0.25, -0.2) is 0 Å². The van der Waals surface area contributed by atoms with E-state index in [-0.39, 0.29) is 0 Å². The lowest BCUT2D eigenvalue weighted by atomic mass is 10.2. The van der Waals surface area contributed by atoms with Crippen LogP contribution in [0.5, 0.6) is 17.2 Å². The van der Waals surface area contributed by atoms with Crippen LogP contribution in [0.2, 0.25) is 0 Å². The van der Waals surface area contributed by atoms with Crippen molar-refractivity contribution in [1.82, 2.24) is 0 Å². The average molecular weight is 239 g/mol. The van der Waals surface area contributed by atoms with Crippen molar-refractivity contribution in [3.63, 3.8) is 0 Å². The zero-order valence-corrected chi connectivity index (χ0v) is 11.2. The van der Waals surface area contributed by atoms with Crippen LogP contribution in [0.1, 0.15) is 20.8 Å². The zero-order chi connectivity index (χ0) is 12.8. The van der Waals surface area contributed by atoms with Gasteiger partial charge in [-0.2, -0.15) is 0 Å². The predicted octanol–water partition coefficient (Wildman–Crippen LogP) is 2.92. The van der Waals surface area contributed by atoms with Crippen LogP contribution in [0.15, 0.2) is 12.1 Å². The van der Waals surface area contributed by atoms with E-state index in [2.05, 4.69) is 19.2 Å². The molecule has 1 N–H and O–H groups in total. The molecule has 0 saturated heterocycles. The average Bonchev–Trinajstić information content (AvgIpc) is 2.30. The van der Waals surface area contributed by atoms with Crippen LogP contribution < -0.4 is 19.5 Å². The van der Waals surface area contributed by atoms with Gasteiger partial charge in [-0.15, -0.1) is 0 Å². The van der Waals surface area contributed by atoms with Gasteiger partial charge in [-0.1, -0.05) is 0 Å². The van der Waals surface area contributed by atoms with Crippen LogP contribution in [-0.2, 0) is 0 Å². The van der Waals surface area contributed by atoms with Gasteiger partial charge >= 0.3 is 0 Å². The van der Waals surface area contributed by atoms with Gasteiger partial charge in [0, 0.05) is 23.9 Å². The van der Waals surface area contributed by atoms with Crippen LogP contribution in [0.4, 0.5) is 5.69 Å². The third-order valence-electron chi connectivity index (χ3n) is 2.20. The molecular formula is C13H21NO3. The van der Waals surface area contributed by atoms with Gasteiger partial charge in [0.25, 0.3) is 0 Å². The highest BCUT2D eigenvalue weighted by atomic mass is 16.5. The Morgan fingerprint density at radius 3 is 2.00 bits per heavy atom. The number of rotatable bonds is 6. The highest BCUT2D eigenvalue weighted by Crippen LogP contribution is 2.40. The fourth-order valence-corrected chi connectivity index (χ4v) is 1.58. The summed E-state index contributed by atoms with van der Waals surface area (Å²) in [6.07, 6.45) is 0. The Bertz CT molecular complexity index is 339. The SMILES string of the molecule is CCOc1c(OC)cc(NC(C)C)cc1OC. The van der Waals surface area contributed by atoms with Gasteiger partial charge in [0.05, 0.1) is 20.8 Å². The second-order valence-electron chi connectivity index (χ2n) is 3.94. The summed E-state index contributed by atoms with van der Waals surface area (Å²) in [7, 11) is 3.24. The van der Waals surface area contributed by atoms with Crippen LogP contribution in [0.25, 0.3) is 0 Å². The Hall–Kier alpha value is -1.58. The van der Waals surface area contributed by atoms with E-state index in [0.29, 0.717) is 29.9 Å². The normalized spacial score (nSPS) is 10.2. The molecule has 0 saturated carbocycles. The lowest BCUT2D eigenvalue weighted by Gasteiger charge is -2.17. The molecule has 0 aromatic heterocycles. The maximum absolute atomic E-state index is 5.53. The topological polar surface area (TPSA) is 39.7 Å². The molecule has 0 aliphatic carbocycles. The minimum atomic E-state index is 0.349. The summed E-state index contributed by atoms with van der Waals surface area (Å²) in [5.74, 6) is 2.00. The van der Waals surface area contributed by atoms with E-state index < -0.39 is 0 Å². The van der Waals surface area contributed by atoms with Gasteiger partial charge in [0.15, 0.2) is 11.5 Å². The molecule has 4 heteroatoms. The molecule has 0 atom stereocenters. The minimum Gasteiger partial charge on any atom is -0.493 e. The maximum atomic E-state index is 5.53. The lowest BCUT2D eigenvalue weighted by Crippen LogP contribution is -2.10. The van der Waals surface area contributed by atoms with Crippen molar-refractivity contribution >= 4 is 5.69 Å². The molecule has 17 heavy (non-hydrogen) atoms. The molecular weight excluding hydrogens is 218 g/mol. The Morgan fingerprint density at radius 2 is 1.65 bits per heavy atom. The van der Waals surface area contributed by atoms with E-state index in [4.69, 9.17) is 14.2 Å². The Labute approximate surface area is 103 Å². The van der Waals surface area contributed by atoms with Crippen molar-refractivity contribution < 1.29 is 14.2 Å². The van der Waals surface area contributed by atoms with Crippen LogP contribution in [0, 0.1) is 0 Å². The number of anilines is 1. The van der Waals surface area contributed by atoms with Crippen molar-refractivity contribution in [3.8, 4) is 17.2 Å². The van der Waals surface area contributed by atoms with E-state index in [0.717, 1.165) is 5.69 Å². The number of hydrogen-bond donors (Lipinski definition) is 1. The molecule has 0 amide bonds. The monoisotopic (exact) mass is 239 g/mol. The largest absolute Gasteiger partial charge is 0.493 e. The number of hydrogen-bond acceptors (Lipinski definition) is 4. The van der Waals surface area contributed by atoms with Crippen LogP contribution in [-0.4, -0.2) is 26.9 Å². The molecule has 0 aliphatic rings. The quantitative estimate of drug-likeness (QED) is 0.828. The first kappa shape index (κ1) is 13.5. The van der Waals surface area contributed by atoms with E-state index in [1.807, 2.05) is 19.1 Å². The third-order valence-corrected chi connectivity index (χ3v) is 2.20. The van der Waals surface area contributed by atoms with Gasteiger partial charge in [0.1, 0.15) is 0 Å². The number of methoxy groups -OCH3 is 2. The van der Waals surface area contributed by atoms with Crippen molar-refractivity contribution in [1.29, 1.82) is 0 Å². The second kappa shape index (κ2) is 6.23. The molecule has 1 rings (SSSR count). The summed E-state index contributed by atoms with van der Waals surface area (Å²) < 4.78 is 16.2. The first-order valence-electron chi connectivity index (χ1n) is 5.77. The van der Waals surface area contributed by atoms with E-state index >= 15 is 0 Å². The number of ether oxygens (including phenoxy) is 3. The molecule has 0 bridgehead atoms. The summed E-state index contributed by atoms with van der Waals surface area (Å²) in [6.45, 7) is 6.66. The van der Waals surface area contributed by atoms with E-state index in [1.165, 1.54) is 0 Å². The predicted molar refractivity (Wildman–Crippen MR) is 69.5 cm³/mol. The van der Waals surface area contributed by atoms with Crippen LogP contribution in [0.3, 0.4) is 0 Å². The molecule has 0 heterocycles. The summed E-state index contributed by atoms with van der Waals surface area (Å²) in [5.41, 5.74) is 0.956. The molecule has 0 spiro atoms. The maximum Gasteiger partial charge on any atom is 0.203 e. The zero-order valence-electron chi connectivity index (χ0n) is 11.2. The third kappa shape index (κ3) is 3.44. The summed E-state index contributed by atoms with van der Waals surface area (Å²) in [5, 5.41) is 3.31. The number of nitrogens with one attached hydrogen (secondary N) is 1. The smallest absolute Gasteiger partial charge is 0.203 e. The molecule has 4 nitrogen and oxygen atoms in total. The molecule has 0 unspecified atom stereocenters. The van der Waals surface area contributed by atoms with Gasteiger partial charge in [-0.05, 0) is 20.8 Å². The Morgan fingerprint density at radius 1 is 1.12 bits per heavy atom. The van der Waals surface area contributed by atoms with Crippen LogP contribution >= 0.6 is 0 Å². The first-order valence-corrected chi connectivity index (χ1v) is 5.77. The Balaban J connectivity index is 3.13. The fraction of sp³-hybridized carbons (Fsp3) is 0.538. The molecule has 1 aromatic carbocycles. The highest BCUT2D eigenvalue weighted by molar-refractivity contribution is 5.62. The van der Waals surface area contributed by atoms with E-state index in [9.17, 15) is 0 Å². The summed E-state index contributed by atoms with van der Waals surface area (Å²) >= 11 is 0. The molecule has 96 valence electrons. The standard InChI is InChI=1S/C13H21NO3/c1-6-17-13-11(15-4)7-10(14-9(2)3)8-12(13)16-5/h7-9,14H,6H2,1-5H3. The van der Waals surface area contributed by atoms with E-state index in [1.54, 1.807) is 14.2 Å². The molecule has 0 fully saturated rings. The summed E-state index contributed by atoms with van der Waals surface area (Å²) in [6, 6.07) is 4.17. The van der Waals surface area contributed by atoms with Crippen molar-refractivity contribution in [2.45, 2.75) is 26.8 Å². The van der Waals surface area contributed by atoms with Crippen molar-refractivity contribution in [2.24, 2.45) is 0 Å². The Kier molecular flexibility index (Phi) is 4.94. The highest BCUT2D eigenvalue weighted by Gasteiger charge is 2.13. The summed E-state index contributed by atoms with van der Waals surface area (Å²) in [4.78, 5) is 0. The molecule has 0 radical (unpaired) electrons. The van der Waals surface area contributed by atoms with Gasteiger partial charge in [-0.3, -0.25) is 0 Å². The lowest BCUT2D eigenvalue weighted by molar-refractivity contribution is 0.288. The minimum absolute atomic E-state index is 0.349. The van der Waals surface area contributed by atoms with Crippen molar-refractivity contribution in [3.05, 3.63) is 12.1 Å². The first-order chi connectivity index (χ1) is 8.12. The van der Waals surface area contributed by atoms with Gasteiger partial charge in [0.2, 0.25) is 5.75 Å². The number of benzene rings is 1. The van der Waals surface area contributed by atoms with Gasteiger partial charge < -0.3 is 19.5 Å².